The van der Waals surface area contributed by atoms with E-state index >= 15 is 0 Å². The zero-order chi connectivity index (χ0) is 10.1. The van der Waals surface area contributed by atoms with Gasteiger partial charge in [0.15, 0.2) is 0 Å². The highest BCUT2D eigenvalue weighted by Crippen LogP contribution is 2.22. The van der Waals surface area contributed by atoms with Crippen LogP contribution >= 0.6 is 0 Å². The van der Waals surface area contributed by atoms with E-state index in [9.17, 15) is 8.42 Å². The van der Waals surface area contributed by atoms with E-state index in [1.54, 1.807) is 11.2 Å². The van der Waals surface area contributed by atoms with E-state index in [0.29, 0.717) is 19.8 Å². The maximum atomic E-state index is 11.6. The van der Waals surface area contributed by atoms with Crippen LogP contribution in [0.15, 0.2) is 0 Å². The third-order valence-electron chi connectivity index (χ3n) is 2.27. The molecule has 1 rings (SSSR count). The first-order chi connectivity index (χ1) is 5.90. The highest BCUT2D eigenvalue weighted by molar-refractivity contribution is 7.89. The van der Waals surface area contributed by atoms with Crippen molar-refractivity contribution >= 4 is 10.0 Å². The summed E-state index contributed by atoms with van der Waals surface area (Å²) in [5, 5.41) is 0. The molecule has 0 radical (unpaired) electrons. The minimum atomic E-state index is -3.08. The van der Waals surface area contributed by atoms with Crippen molar-refractivity contribution in [1.82, 2.24) is 4.31 Å². The van der Waals surface area contributed by atoms with Gasteiger partial charge >= 0.3 is 0 Å². The average molecular weight is 207 g/mol. The lowest BCUT2D eigenvalue weighted by Gasteiger charge is -2.40. The second kappa shape index (κ2) is 3.55. The van der Waals surface area contributed by atoms with Crippen molar-refractivity contribution in [3.05, 3.63) is 0 Å². The fourth-order valence-corrected chi connectivity index (χ4v) is 2.99. The lowest BCUT2D eigenvalue weighted by Crippen LogP contribution is -2.55. The van der Waals surface area contributed by atoms with Crippen LogP contribution in [0.3, 0.4) is 0 Å². The molecule has 13 heavy (non-hydrogen) atoms. The third-order valence-corrected chi connectivity index (χ3v) is 4.35. The number of hydrogen-bond acceptors (Lipinski definition) is 3. The molecule has 0 aromatic heterocycles. The second-order valence-corrected chi connectivity index (χ2v) is 6.02. The number of hydrogen-bond donors (Lipinski definition) is 0. The van der Waals surface area contributed by atoms with Crippen LogP contribution in [0.25, 0.3) is 0 Å². The fourth-order valence-electron chi connectivity index (χ4n) is 1.52. The van der Waals surface area contributed by atoms with Gasteiger partial charge in [-0.15, -0.1) is 0 Å². The SMILES string of the molecule is CCS(=O)(=O)N1CCOCC1(C)C. The van der Waals surface area contributed by atoms with Gasteiger partial charge < -0.3 is 4.74 Å². The van der Waals surface area contributed by atoms with Gasteiger partial charge in [-0.3, -0.25) is 0 Å². The van der Waals surface area contributed by atoms with Crippen LogP contribution in [0.2, 0.25) is 0 Å². The van der Waals surface area contributed by atoms with Crippen molar-refractivity contribution < 1.29 is 13.2 Å². The van der Waals surface area contributed by atoms with Crippen LogP contribution in [-0.2, 0) is 14.8 Å². The summed E-state index contributed by atoms with van der Waals surface area (Å²) in [6.45, 7) is 6.90. The van der Waals surface area contributed by atoms with Gasteiger partial charge in [0, 0.05) is 6.54 Å². The van der Waals surface area contributed by atoms with Gasteiger partial charge in [-0.25, -0.2) is 8.42 Å². The average Bonchev–Trinajstić information content (AvgIpc) is 2.03. The van der Waals surface area contributed by atoms with Crippen LogP contribution in [0.1, 0.15) is 20.8 Å². The van der Waals surface area contributed by atoms with Crippen molar-refractivity contribution in [3.8, 4) is 0 Å². The molecule has 0 aliphatic carbocycles. The molecule has 1 saturated heterocycles. The number of ether oxygens (including phenoxy) is 1. The molecule has 78 valence electrons. The first-order valence-electron chi connectivity index (χ1n) is 4.48. The molecule has 0 spiro atoms. The Morgan fingerprint density at radius 1 is 1.46 bits per heavy atom. The van der Waals surface area contributed by atoms with Gasteiger partial charge in [0.2, 0.25) is 10.0 Å². The molecule has 0 saturated carbocycles. The highest BCUT2D eigenvalue weighted by atomic mass is 32.2. The Labute approximate surface area is 79.9 Å². The van der Waals surface area contributed by atoms with Crippen molar-refractivity contribution in [1.29, 1.82) is 0 Å². The molecule has 0 unspecified atom stereocenters. The Kier molecular flexibility index (Phi) is 2.99. The number of sulfonamides is 1. The summed E-state index contributed by atoms with van der Waals surface area (Å²) in [6, 6.07) is 0. The molecule has 5 heteroatoms. The number of nitrogens with zero attached hydrogens (tertiary/aromatic N) is 1. The molecule has 4 nitrogen and oxygen atoms in total. The molecule has 1 aliphatic rings. The fraction of sp³-hybridized carbons (Fsp3) is 1.00. The normalized spacial score (nSPS) is 24.5. The van der Waals surface area contributed by atoms with E-state index in [2.05, 4.69) is 0 Å². The smallest absolute Gasteiger partial charge is 0.214 e. The van der Waals surface area contributed by atoms with E-state index in [1.807, 2.05) is 13.8 Å². The largest absolute Gasteiger partial charge is 0.378 e. The monoisotopic (exact) mass is 207 g/mol. The predicted molar refractivity (Wildman–Crippen MR) is 51.1 cm³/mol. The summed E-state index contributed by atoms with van der Waals surface area (Å²) in [5.74, 6) is 0.163. The third kappa shape index (κ3) is 2.21. The van der Waals surface area contributed by atoms with Gasteiger partial charge in [-0.1, -0.05) is 0 Å². The van der Waals surface area contributed by atoms with Gasteiger partial charge in [-0.05, 0) is 20.8 Å². The number of morpholine rings is 1. The minimum absolute atomic E-state index is 0.163. The lowest BCUT2D eigenvalue weighted by atomic mass is 10.1. The van der Waals surface area contributed by atoms with E-state index < -0.39 is 15.6 Å². The topological polar surface area (TPSA) is 46.6 Å². The van der Waals surface area contributed by atoms with E-state index in [4.69, 9.17) is 4.74 Å². The van der Waals surface area contributed by atoms with Crippen LogP contribution in [0, 0.1) is 0 Å². The zero-order valence-electron chi connectivity index (χ0n) is 8.41. The van der Waals surface area contributed by atoms with Crippen LogP contribution < -0.4 is 0 Å². The molecular weight excluding hydrogens is 190 g/mol. The lowest BCUT2D eigenvalue weighted by molar-refractivity contribution is -0.00762. The first-order valence-corrected chi connectivity index (χ1v) is 6.09. The van der Waals surface area contributed by atoms with E-state index in [1.165, 1.54) is 0 Å². The Balaban J connectivity index is 2.89. The Morgan fingerprint density at radius 3 is 2.54 bits per heavy atom. The van der Waals surface area contributed by atoms with E-state index in [-0.39, 0.29) is 5.75 Å². The highest BCUT2D eigenvalue weighted by Gasteiger charge is 2.37. The zero-order valence-corrected chi connectivity index (χ0v) is 9.23. The van der Waals surface area contributed by atoms with Crippen molar-refractivity contribution in [2.45, 2.75) is 26.3 Å². The van der Waals surface area contributed by atoms with Gasteiger partial charge in [0.1, 0.15) is 0 Å². The molecule has 1 fully saturated rings. The van der Waals surface area contributed by atoms with Crippen LogP contribution in [0.4, 0.5) is 0 Å². The molecule has 0 bridgehead atoms. The van der Waals surface area contributed by atoms with Crippen molar-refractivity contribution in [2.75, 3.05) is 25.5 Å². The quantitative estimate of drug-likeness (QED) is 0.660. The van der Waals surface area contributed by atoms with Crippen LogP contribution in [0.5, 0.6) is 0 Å². The standard InChI is InChI=1S/C8H17NO3S/c1-4-13(10,11)9-5-6-12-7-8(9,2)3/h4-7H2,1-3H3. The Bertz CT molecular complexity index is 271. The molecule has 1 heterocycles. The summed E-state index contributed by atoms with van der Waals surface area (Å²) in [5.41, 5.74) is -0.396. The second-order valence-electron chi connectivity index (χ2n) is 3.84. The molecule has 0 aromatic rings. The first kappa shape index (κ1) is 10.9. The summed E-state index contributed by atoms with van der Waals surface area (Å²) in [4.78, 5) is 0. The van der Waals surface area contributed by atoms with Gasteiger partial charge in [0.05, 0.1) is 24.5 Å². The summed E-state index contributed by atoms with van der Waals surface area (Å²) < 4.78 is 30.1. The summed E-state index contributed by atoms with van der Waals surface area (Å²) in [7, 11) is -3.08. The Morgan fingerprint density at radius 2 is 2.08 bits per heavy atom. The van der Waals surface area contributed by atoms with Crippen LogP contribution in [-0.4, -0.2) is 43.8 Å². The number of rotatable bonds is 2. The predicted octanol–water partition coefficient (Wildman–Crippen LogP) is 0.447. The van der Waals surface area contributed by atoms with Gasteiger partial charge in [0.25, 0.3) is 0 Å². The molecule has 0 aromatic carbocycles. The van der Waals surface area contributed by atoms with E-state index in [0.717, 1.165) is 0 Å². The summed E-state index contributed by atoms with van der Waals surface area (Å²) >= 11 is 0. The maximum absolute atomic E-state index is 11.6. The molecule has 1 aliphatic heterocycles. The Hall–Kier alpha value is -0.130. The molecule has 0 N–H and O–H groups in total. The molecule has 0 atom stereocenters. The maximum Gasteiger partial charge on any atom is 0.214 e. The van der Waals surface area contributed by atoms with Crippen molar-refractivity contribution in [3.63, 3.8) is 0 Å². The van der Waals surface area contributed by atoms with Gasteiger partial charge in [-0.2, -0.15) is 4.31 Å². The minimum Gasteiger partial charge on any atom is -0.378 e. The van der Waals surface area contributed by atoms with Crippen molar-refractivity contribution in [2.24, 2.45) is 0 Å². The molecule has 0 amide bonds. The summed E-state index contributed by atoms with van der Waals surface area (Å²) in [6.07, 6.45) is 0. The molecular formula is C8H17NO3S.